The van der Waals surface area contributed by atoms with E-state index in [1.165, 1.54) is 12.1 Å². The summed E-state index contributed by atoms with van der Waals surface area (Å²) >= 11 is 5.52. The minimum absolute atomic E-state index is 0.180. The molecule has 4 nitrogen and oxygen atoms in total. The van der Waals surface area contributed by atoms with Gasteiger partial charge in [-0.2, -0.15) is 13.2 Å². The second-order valence-electron chi connectivity index (χ2n) is 6.20. The van der Waals surface area contributed by atoms with Crippen molar-refractivity contribution >= 4 is 28.6 Å². The Bertz CT molecular complexity index is 952. The number of nitrogens with zero attached hydrogens (tertiary/aromatic N) is 1. The first-order valence-electron chi connectivity index (χ1n) is 8.11. The number of hydrogen-bond donors (Lipinski definition) is 2. The standard InChI is InChI=1S/C19H16ClF3N2O2/c20-24-16(18(26)27)9-13-11-25(17-4-2-1-3-15(13)17)10-12-5-7-14(8-6-12)19(21,22)23/h1-8,11,16,24H,9-10H2,(H,26,27). The van der Waals surface area contributed by atoms with Crippen molar-refractivity contribution in [2.24, 2.45) is 0 Å². The van der Waals surface area contributed by atoms with Crippen molar-refractivity contribution in [2.75, 3.05) is 0 Å². The van der Waals surface area contributed by atoms with Crippen molar-refractivity contribution in [1.29, 1.82) is 0 Å². The van der Waals surface area contributed by atoms with Gasteiger partial charge < -0.3 is 9.67 Å². The van der Waals surface area contributed by atoms with Crippen LogP contribution in [0.1, 0.15) is 16.7 Å². The van der Waals surface area contributed by atoms with E-state index in [1.54, 1.807) is 0 Å². The van der Waals surface area contributed by atoms with Crippen LogP contribution in [0.3, 0.4) is 0 Å². The number of rotatable bonds is 6. The fraction of sp³-hybridized carbons (Fsp3) is 0.211. The number of fused-ring (bicyclic) bond motifs is 1. The third-order valence-electron chi connectivity index (χ3n) is 4.36. The number of para-hydroxylation sites is 1. The normalized spacial score (nSPS) is 13.0. The fourth-order valence-corrected chi connectivity index (χ4v) is 3.18. The van der Waals surface area contributed by atoms with Crippen LogP contribution in [-0.2, 0) is 23.9 Å². The molecular formula is C19H16ClF3N2O2. The summed E-state index contributed by atoms with van der Waals surface area (Å²) in [7, 11) is 0. The van der Waals surface area contributed by atoms with Crippen LogP contribution in [-0.4, -0.2) is 21.7 Å². The van der Waals surface area contributed by atoms with Gasteiger partial charge in [-0.3, -0.25) is 4.79 Å². The molecule has 0 saturated carbocycles. The molecule has 0 aliphatic carbocycles. The summed E-state index contributed by atoms with van der Waals surface area (Å²) in [5, 5.41) is 10.1. The van der Waals surface area contributed by atoms with Gasteiger partial charge in [-0.15, -0.1) is 0 Å². The van der Waals surface area contributed by atoms with E-state index in [4.69, 9.17) is 11.8 Å². The number of carboxylic acid groups (broad SMARTS) is 1. The minimum atomic E-state index is -4.37. The SMILES string of the molecule is O=C(O)C(Cc1cn(Cc2ccc(C(F)(F)F)cc2)c2ccccc12)NCl. The Morgan fingerprint density at radius 1 is 1.15 bits per heavy atom. The van der Waals surface area contributed by atoms with E-state index >= 15 is 0 Å². The molecule has 3 aromatic rings. The van der Waals surface area contributed by atoms with Gasteiger partial charge in [0, 0.05) is 30.1 Å². The Balaban J connectivity index is 1.92. The van der Waals surface area contributed by atoms with Gasteiger partial charge in [0.1, 0.15) is 6.04 Å². The Morgan fingerprint density at radius 2 is 1.81 bits per heavy atom. The lowest BCUT2D eigenvalue weighted by molar-refractivity contribution is -0.139. The minimum Gasteiger partial charge on any atom is -0.480 e. The summed E-state index contributed by atoms with van der Waals surface area (Å²) in [6, 6.07) is 11.5. The maximum atomic E-state index is 12.7. The van der Waals surface area contributed by atoms with Gasteiger partial charge in [0.05, 0.1) is 5.56 Å². The number of nitrogens with one attached hydrogen (secondary N) is 1. The number of carboxylic acids is 1. The molecule has 27 heavy (non-hydrogen) atoms. The lowest BCUT2D eigenvalue weighted by Crippen LogP contribution is -2.32. The molecule has 0 spiro atoms. The highest BCUT2D eigenvalue weighted by molar-refractivity contribution is 6.14. The molecule has 0 saturated heterocycles. The zero-order chi connectivity index (χ0) is 19.6. The predicted molar refractivity (Wildman–Crippen MR) is 96.6 cm³/mol. The maximum Gasteiger partial charge on any atom is 0.416 e. The molecule has 0 aliphatic heterocycles. The zero-order valence-corrected chi connectivity index (χ0v) is 14.8. The molecule has 1 aromatic heterocycles. The fourth-order valence-electron chi connectivity index (χ4n) is 3.00. The molecule has 0 amide bonds. The quantitative estimate of drug-likeness (QED) is 0.605. The van der Waals surface area contributed by atoms with Crippen LogP contribution in [0.15, 0.2) is 54.7 Å². The van der Waals surface area contributed by atoms with Crippen molar-refractivity contribution < 1.29 is 23.1 Å². The Kier molecular flexibility index (Phi) is 5.43. The van der Waals surface area contributed by atoms with Gasteiger partial charge >= 0.3 is 12.1 Å². The summed E-state index contributed by atoms with van der Waals surface area (Å²) in [6.07, 6.45) is -2.38. The number of benzene rings is 2. The summed E-state index contributed by atoms with van der Waals surface area (Å²) in [4.78, 5) is 13.5. The van der Waals surface area contributed by atoms with E-state index in [1.807, 2.05) is 35.0 Å². The van der Waals surface area contributed by atoms with Gasteiger partial charge in [-0.1, -0.05) is 30.3 Å². The van der Waals surface area contributed by atoms with Crippen LogP contribution in [0.5, 0.6) is 0 Å². The Hall–Kier alpha value is -2.51. The molecule has 2 aromatic carbocycles. The highest BCUT2D eigenvalue weighted by atomic mass is 35.5. The molecule has 142 valence electrons. The lowest BCUT2D eigenvalue weighted by atomic mass is 10.1. The number of alkyl halides is 3. The van der Waals surface area contributed by atoms with Crippen LogP contribution in [0, 0.1) is 0 Å². The largest absolute Gasteiger partial charge is 0.480 e. The van der Waals surface area contributed by atoms with E-state index in [-0.39, 0.29) is 6.42 Å². The molecular weight excluding hydrogens is 381 g/mol. The second kappa shape index (κ2) is 7.62. The monoisotopic (exact) mass is 396 g/mol. The Morgan fingerprint density at radius 3 is 2.41 bits per heavy atom. The third-order valence-corrected chi connectivity index (χ3v) is 4.62. The second-order valence-corrected chi connectivity index (χ2v) is 6.42. The van der Waals surface area contributed by atoms with Gasteiger partial charge in [0.15, 0.2) is 0 Å². The molecule has 0 radical (unpaired) electrons. The number of halogens is 4. The average molecular weight is 397 g/mol. The molecule has 2 N–H and O–H groups in total. The maximum absolute atomic E-state index is 12.7. The smallest absolute Gasteiger partial charge is 0.416 e. The van der Waals surface area contributed by atoms with Crippen LogP contribution >= 0.6 is 11.8 Å². The van der Waals surface area contributed by atoms with Gasteiger partial charge in [-0.25, -0.2) is 4.84 Å². The van der Waals surface area contributed by atoms with Gasteiger partial charge in [0.25, 0.3) is 0 Å². The highest BCUT2D eigenvalue weighted by Gasteiger charge is 2.30. The zero-order valence-electron chi connectivity index (χ0n) is 14.0. The van der Waals surface area contributed by atoms with Gasteiger partial charge in [-0.05, 0) is 41.1 Å². The first kappa shape index (κ1) is 19.3. The average Bonchev–Trinajstić information content (AvgIpc) is 2.97. The van der Waals surface area contributed by atoms with Crippen molar-refractivity contribution in [2.45, 2.75) is 25.2 Å². The predicted octanol–water partition coefficient (Wildman–Crippen LogP) is 4.45. The number of aromatic nitrogens is 1. The van der Waals surface area contributed by atoms with Crippen molar-refractivity contribution in [3.8, 4) is 0 Å². The van der Waals surface area contributed by atoms with E-state index in [2.05, 4.69) is 4.84 Å². The third kappa shape index (κ3) is 4.26. The van der Waals surface area contributed by atoms with Crippen LogP contribution < -0.4 is 4.84 Å². The number of carbonyl (C=O) groups is 1. The first-order valence-corrected chi connectivity index (χ1v) is 8.49. The molecule has 3 rings (SSSR count). The first-order chi connectivity index (χ1) is 12.8. The molecule has 1 unspecified atom stereocenters. The van der Waals surface area contributed by atoms with Crippen LogP contribution in [0.25, 0.3) is 10.9 Å². The van der Waals surface area contributed by atoms with E-state index in [9.17, 15) is 23.1 Å². The molecule has 1 atom stereocenters. The van der Waals surface area contributed by atoms with Crippen molar-refractivity contribution in [3.05, 3.63) is 71.4 Å². The summed E-state index contributed by atoms with van der Waals surface area (Å²) in [6.45, 7) is 0.366. The van der Waals surface area contributed by atoms with Crippen molar-refractivity contribution in [1.82, 2.24) is 9.40 Å². The number of aliphatic carboxylic acids is 1. The van der Waals surface area contributed by atoms with Crippen LogP contribution in [0.4, 0.5) is 13.2 Å². The van der Waals surface area contributed by atoms with Crippen LogP contribution in [0.2, 0.25) is 0 Å². The van der Waals surface area contributed by atoms with Gasteiger partial charge in [0.2, 0.25) is 0 Å². The molecule has 0 aliphatic rings. The van der Waals surface area contributed by atoms with E-state index in [0.29, 0.717) is 12.1 Å². The lowest BCUT2D eigenvalue weighted by Gasteiger charge is -2.09. The molecule has 0 bridgehead atoms. The summed E-state index contributed by atoms with van der Waals surface area (Å²) < 4.78 is 40.0. The molecule has 8 heteroatoms. The number of hydrogen-bond acceptors (Lipinski definition) is 2. The molecule has 0 fully saturated rings. The van der Waals surface area contributed by atoms with Crippen molar-refractivity contribution in [3.63, 3.8) is 0 Å². The van der Waals surface area contributed by atoms with E-state index in [0.717, 1.165) is 28.6 Å². The van der Waals surface area contributed by atoms with E-state index < -0.39 is 23.8 Å². The summed E-state index contributed by atoms with van der Waals surface area (Å²) in [5.74, 6) is -1.07. The topological polar surface area (TPSA) is 54.3 Å². The summed E-state index contributed by atoms with van der Waals surface area (Å²) in [5.41, 5.74) is 1.67. The Labute approximate surface area is 158 Å². The molecule has 1 heterocycles. The highest BCUT2D eigenvalue weighted by Crippen LogP contribution is 2.29.